The molecule has 0 saturated heterocycles. The van der Waals surface area contributed by atoms with Crippen molar-refractivity contribution in [2.24, 2.45) is 0 Å². The summed E-state index contributed by atoms with van der Waals surface area (Å²) in [6.45, 7) is 5.29. The Morgan fingerprint density at radius 1 is 1.19 bits per heavy atom. The molecular weight excluding hydrogens is 290 g/mol. The molecule has 0 radical (unpaired) electrons. The Morgan fingerprint density at radius 2 is 1.90 bits per heavy atom. The van der Waals surface area contributed by atoms with Crippen LogP contribution < -0.4 is 0 Å². The molecule has 0 amide bonds. The van der Waals surface area contributed by atoms with Gasteiger partial charge in [0.2, 0.25) is 5.78 Å². The van der Waals surface area contributed by atoms with Gasteiger partial charge in [0.1, 0.15) is 22.1 Å². The van der Waals surface area contributed by atoms with Crippen molar-refractivity contribution in [1.82, 2.24) is 14.3 Å². The largest absolute Gasteiger partial charge is 0.369 e. The van der Waals surface area contributed by atoms with Gasteiger partial charge in [0.05, 0.1) is 5.70 Å². The summed E-state index contributed by atoms with van der Waals surface area (Å²) in [4.78, 5) is 30.9. The predicted molar refractivity (Wildman–Crippen MR) is 80.2 cm³/mol. The number of ketones is 2. The lowest BCUT2D eigenvalue weighted by molar-refractivity contribution is -0.111. The minimum Gasteiger partial charge on any atom is -0.369 e. The summed E-state index contributed by atoms with van der Waals surface area (Å²) in [7, 11) is 0. The van der Waals surface area contributed by atoms with Gasteiger partial charge < -0.3 is 4.90 Å². The average molecular weight is 304 g/mol. The van der Waals surface area contributed by atoms with Crippen LogP contribution in [0.3, 0.4) is 0 Å². The topological polar surface area (TPSA) is 54.7 Å². The highest BCUT2D eigenvalue weighted by molar-refractivity contribution is 6.64. The van der Waals surface area contributed by atoms with Crippen LogP contribution in [0.2, 0.25) is 0 Å². The van der Waals surface area contributed by atoms with Gasteiger partial charge >= 0.3 is 0 Å². The zero-order valence-electron chi connectivity index (χ0n) is 11.8. The highest BCUT2D eigenvalue weighted by Gasteiger charge is 2.37. The maximum Gasteiger partial charge on any atom is 0.253 e. The first-order valence-electron chi connectivity index (χ1n) is 6.81. The summed E-state index contributed by atoms with van der Waals surface area (Å²) in [5.74, 6) is -1.28. The molecule has 21 heavy (non-hydrogen) atoms. The number of carbonyl (C=O) groups excluding carboxylic acids is 2. The highest BCUT2D eigenvalue weighted by Crippen LogP contribution is 2.33. The molecule has 0 spiro atoms. The maximum atomic E-state index is 12.3. The lowest BCUT2D eigenvalue weighted by atomic mass is 10.0. The zero-order chi connectivity index (χ0) is 15.1. The van der Waals surface area contributed by atoms with Crippen molar-refractivity contribution in [2.45, 2.75) is 13.8 Å². The van der Waals surface area contributed by atoms with E-state index in [2.05, 4.69) is 4.98 Å². The number of nitrogens with zero attached hydrogens (tertiary/aromatic N) is 3. The molecule has 3 rings (SSSR count). The Labute approximate surface area is 126 Å². The Bertz CT molecular complexity index is 787. The summed E-state index contributed by atoms with van der Waals surface area (Å²) < 4.78 is 1.64. The van der Waals surface area contributed by atoms with Gasteiger partial charge in [-0.25, -0.2) is 4.98 Å². The first kappa shape index (κ1) is 13.8. The van der Waals surface area contributed by atoms with Crippen LogP contribution in [0.15, 0.2) is 29.4 Å². The third kappa shape index (κ3) is 1.88. The number of hydrogen-bond donors (Lipinski definition) is 0. The van der Waals surface area contributed by atoms with Crippen molar-refractivity contribution >= 4 is 34.5 Å². The maximum absolute atomic E-state index is 12.3. The Hall–Kier alpha value is -2.14. The fraction of sp³-hybridized carbons (Fsp3) is 0.267. The van der Waals surface area contributed by atoms with Crippen LogP contribution in [0.5, 0.6) is 0 Å². The van der Waals surface area contributed by atoms with E-state index in [1.807, 2.05) is 24.8 Å². The van der Waals surface area contributed by atoms with Crippen LogP contribution in [0.25, 0.3) is 11.3 Å². The molecule has 0 unspecified atom stereocenters. The molecule has 0 aliphatic heterocycles. The van der Waals surface area contributed by atoms with E-state index in [0.29, 0.717) is 35.8 Å². The van der Waals surface area contributed by atoms with Crippen LogP contribution in [-0.4, -0.2) is 38.9 Å². The van der Waals surface area contributed by atoms with Gasteiger partial charge in [-0.3, -0.25) is 14.0 Å². The number of aromatic nitrogens is 2. The van der Waals surface area contributed by atoms with Gasteiger partial charge in [0.25, 0.3) is 5.78 Å². The van der Waals surface area contributed by atoms with E-state index in [4.69, 9.17) is 11.6 Å². The molecular formula is C15H14ClN3O2. The summed E-state index contributed by atoms with van der Waals surface area (Å²) in [6.07, 6.45) is 1.73. The van der Waals surface area contributed by atoms with E-state index in [0.717, 1.165) is 0 Å². The molecule has 0 fully saturated rings. The Kier molecular flexibility index (Phi) is 3.29. The minimum atomic E-state index is -0.670. The normalized spacial score (nSPS) is 14.8. The lowest BCUT2D eigenvalue weighted by Gasteiger charge is -2.26. The lowest BCUT2D eigenvalue weighted by Crippen LogP contribution is -2.31. The standard InChI is InChI=1S/C15H14ClN3O2/c1-3-18(4-2)12-10(16)14(20)15(21)13-11(12)17-9-7-5-6-8-19(9)13/h5-8H,3-4H2,1-2H3. The number of rotatable bonds is 3. The second-order valence-corrected chi connectivity index (χ2v) is 5.11. The number of halogens is 1. The van der Waals surface area contributed by atoms with Gasteiger partial charge in [-0.2, -0.15) is 0 Å². The summed E-state index contributed by atoms with van der Waals surface area (Å²) >= 11 is 6.15. The summed E-state index contributed by atoms with van der Waals surface area (Å²) in [5.41, 5.74) is 1.95. The number of allylic oxidation sites excluding steroid dienone is 1. The van der Waals surface area contributed by atoms with Crippen LogP contribution in [0.4, 0.5) is 0 Å². The number of carbonyl (C=O) groups is 2. The van der Waals surface area contributed by atoms with Gasteiger partial charge in [-0.05, 0) is 26.0 Å². The quantitative estimate of drug-likeness (QED) is 0.817. The smallest absolute Gasteiger partial charge is 0.253 e. The van der Waals surface area contributed by atoms with E-state index >= 15 is 0 Å². The van der Waals surface area contributed by atoms with Crippen molar-refractivity contribution in [3.05, 3.63) is 40.8 Å². The van der Waals surface area contributed by atoms with E-state index in [-0.39, 0.29) is 5.03 Å². The van der Waals surface area contributed by atoms with Crippen molar-refractivity contribution in [2.75, 3.05) is 13.1 Å². The fourth-order valence-corrected chi connectivity index (χ4v) is 2.92. The van der Waals surface area contributed by atoms with Gasteiger partial charge in [-0.15, -0.1) is 0 Å². The second-order valence-electron chi connectivity index (χ2n) is 4.73. The van der Waals surface area contributed by atoms with E-state index in [9.17, 15) is 9.59 Å². The van der Waals surface area contributed by atoms with Crippen molar-refractivity contribution in [1.29, 1.82) is 0 Å². The van der Waals surface area contributed by atoms with Gasteiger partial charge in [0.15, 0.2) is 0 Å². The molecule has 108 valence electrons. The SMILES string of the molecule is CCN(CC)C1=C(Cl)C(=O)C(=O)c2c1nc1ccccn21. The Morgan fingerprint density at radius 3 is 2.57 bits per heavy atom. The first-order chi connectivity index (χ1) is 10.1. The number of imidazole rings is 1. The van der Waals surface area contributed by atoms with Gasteiger partial charge in [0, 0.05) is 19.3 Å². The summed E-state index contributed by atoms with van der Waals surface area (Å²) in [5, 5.41) is -0.0420. The molecule has 0 N–H and O–H groups in total. The number of Topliss-reactive ketones (excluding diaryl/α,β-unsaturated/α-hetero) is 2. The average Bonchev–Trinajstić information content (AvgIpc) is 2.88. The molecule has 1 aliphatic carbocycles. The molecule has 6 heteroatoms. The molecule has 1 aliphatic rings. The third-order valence-electron chi connectivity index (χ3n) is 3.66. The first-order valence-corrected chi connectivity index (χ1v) is 7.19. The molecule has 0 atom stereocenters. The fourth-order valence-electron chi connectivity index (χ4n) is 2.63. The molecule has 0 aromatic carbocycles. The van der Waals surface area contributed by atoms with Gasteiger partial charge in [-0.1, -0.05) is 17.7 Å². The van der Waals surface area contributed by atoms with E-state index < -0.39 is 11.6 Å². The van der Waals surface area contributed by atoms with E-state index in [1.165, 1.54) is 0 Å². The third-order valence-corrected chi connectivity index (χ3v) is 4.01. The molecule has 2 aromatic rings. The number of hydrogen-bond acceptors (Lipinski definition) is 4. The predicted octanol–water partition coefficient (Wildman–Crippen LogP) is 2.35. The number of pyridine rings is 1. The molecule has 2 heterocycles. The minimum absolute atomic E-state index is 0.0420. The zero-order valence-corrected chi connectivity index (χ0v) is 12.5. The van der Waals surface area contributed by atoms with Crippen LogP contribution in [0, 0.1) is 0 Å². The van der Waals surface area contributed by atoms with E-state index in [1.54, 1.807) is 22.7 Å². The molecule has 2 aromatic heterocycles. The molecule has 0 bridgehead atoms. The van der Waals surface area contributed by atoms with Crippen molar-refractivity contribution < 1.29 is 9.59 Å². The molecule has 5 nitrogen and oxygen atoms in total. The van der Waals surface area contributed by atoms with Crippen molar-refractivity contribution in [3.8, 4) is 0 Å². The highest BCUT2D eigenvalue weighted by atomic mass is 35.5. The number of fused-ring (bicyclic) bond motifs is 3. The second kappa shape index (κ2) is 5.00. The Balaban J connectivity index is 2.36. The molecule has 0 saturated carbocycles. The van der Waals surface area contributed by atoms with Crippen LogP contribution in [-0.2, 0) is 4.79 Å². The van der Waals surface area contributed by atoms with Crippen LogP contribution >= 0.6 is 11.6 Å². The monoisotopic (exact) mass is 303 g/mol. The summed E-state index contributed by atoms with van der Waals surface area (Å²) in [6, 6.07) is 5.43. The van der Waals surface area contributed by atoms with Crippen molar-refractivity contribution in [3.63, 3.8) is 0 Å². The van der Waals surface area contributed by atoms with Crippen LogP contribution in [0.1, 0.15) is 30.0 Å².